The van der Waals surface area contributed by atoms with Gasteiger partial charge in [-0.15, -0.1) is 0 Å². The summed E-state index contributed by atoms with van der Waals surface area (Å²) in [7, 11) is 0. The first kappa shape index (κ1) is 14.8. The van der Waals surface area contributed by atoms with E-state index in [-0.39, 0.29) is 5.69 Å². The lowest BCUT2D eigenvalue weighted by atomic mass is 10.2. The monoisotopic (exact) mass is 353 g/mol. The molecule has 0 radical (unpaired) electrons. The Labute approximate surface area is 129 Å². The molecular weight excluding hydrogens is 345 g/mol. The Morgan fingerprint density at radius 3 is 2.55 bits per heavy atom. The molecule has 0 atom stereocenters. The first-order valence-electron chi connectivity index (χ1n) is 5.74. The van der Waals surface area contributed by atoms with E-state index in [0.29, 0.717) is 9.50 Å². The number of carbonyl (C=O) groups excluding carboxylic acids is 1. The van der Waals surface area contributed by atoms with Crippen molar-refractivity contribution in [1.82, 2.24) is 0 Å². The van der Waals surface area contributed by atoms with Gasteiger partial charge >= 0.3 is 0 Å². The molecule has 0 saturated carbocycles. The average molecular weight is 355 g/mol. The Hall–Kier alpha value is -1.65. The van der Waals surface area contributed by atoms with Crippen molar-refractivity contribution in [3.05, 3.63) is 69.4 Å². The van der Waals surface area contributed by atoms with Crippen molar-refractivity contribution >= 4 is 45.2 Å². The van der Waals surface area contributed by atoms with Crippen molar-refractivity contribution in [2.75, 3.05) is 5.32 Å². The Morgan fingerprint density at radius 2 is 1.90 bits per heavy atom. The summed E-state index contributed by atoms with van der Waals surface area (Å²) < 4.78 is 14.2. The molecule has 20 heavy (non-hydrogen) atoms. The third-order valence-electron chi connectivity index (χ3n) is 2.49. The predicted octanol–water partition coefficient (Wildman–Crippen LogP) is 4.89. The van der Waals surface area contributed by atoms with Gasteiger partial charge in [-0.1, -0.05) is 39.7 Å². The van der Waals surface area contributed by atoms with Gasteiger partial charge < -0.3 is 5.32 Å². The van der Waals surface area contributed by atoms with Gasteiger partial charge in [0.1, 0.15) is 5.82 Å². The van der Waals surface area contributed by atoms with Crippen LogP contribution in [0.5, 0.6) is 0 Å². The predicted molar refractivity (Wildman–Crippen MR) is 83.2 cm³/mol. The molecule has 0 spiro atoms. The van der Waals surface area contributed by atoms with E-state index in [9.17, 15) is 9.18 Å². The fourth-order valence-corrected chi connectivity index (χ4v) is 1.97. The van der Waals surface area contributed by atoms with Gasteiger partial charge in [-0.05, 0) is 42.0 Å². The lowest BCUT2D eigenvalue weighted by molar-refractivity contribution is -0.111. The number of rotatable bonds is 3. The molecule has 2 rings (SSSR count). The number of nitrogens with one attached hydrogen (secondary N) is 1. The molecule has 2 aromatic carbocycles. The van der Waals surface area contributed by atoms with E-state index in [1.54, 1.807) is 36.4 Å². The molecule has 5 heteroatoms. The molecule has 0 saturated heterocycles. The van der Waals surface area contributed by atoms with Crippen molar-refractivity contribution in [2.24, 2.45) is 0 Å². The van der Waals surface area contributed by atoms with Crippen LogP contribution in [0.1, 0.15) is 5.56 Å². The van der Waals surface area contributed by atoms with Gasteiger partial charge in [-0.25, -0.2) is 4.39 Å². The fourth-order valence-electron chi connectivity index (χ4n) is 1.51. The van der Waals surface area contributed by atoms with Crippen LogP contribution >= 0.6 is 27.5 Å². The van der Waals surface area contributed by atoms with Gasteiger partial charge in [-0.2, -0.15) is 0 Å². The quantitative estimate of drug-likeness (QED) is 0.781. The van der Waals surface area contributed by atoms with Crippen molar-refractivity contribution in [3.63, 3.8) is 0 Å². The number of amides is 1. The molecule has 0 aliphatic carbocycles. The highest BCUT2D eigenvalue weighted by atomic mass is 79.9. The Bertz CT molecular complexity index is 655. The second-order valence-electron chi connectivity index (χ2n) is 4.00. The van der Waals surface area contributed by atoms with Gasteiger partial charge in [0.25, 0.3) is 0 Å². The van der Waals surface area contributed by atoms with Gasteiger partial charge in [-0.3, -0.25) is 4.79 Å². The van der Waals surface area contributed by atoms with Crippen LogP contribution in [0.4, 0.5) is 10.1 Å². The Kier molecular flexibility index (Phi) is 4.93. The van der Waals surface area contributed by atoms with Crippen LogP contribution in [0.25, 0.3) is 6.08 Å². The minimum Gasteiger partial charge on any atom is -0.320 e. The molecule has 0 fully saturated rings. The fraction of sp³-hybridized carbons (Fsp3) is 0. The SMILES string of the molecule is O=C(/C=C\c1ccc(Cl)cc1)Nc1ccc(Br)cc1F. The molecule has 2 nitrogen and oxygen atoms in total. The van der Waals surface area contributed by atoms with Gasteiger partial charge in [0.15, 0.2) is 0 Å². The van der Waals surface area contributed by atoms with Gasteiger partial charge in [0.2, 0.25) is 5.91 Å². The molecule has 0 aromatic heterocycles. The third-order valence-corrected chi connectivity index (χ3v) is 3.23. The normalized spacial score (nSPS) is 10.8. The third kappa shape index (κ3) is 4.18. The molecule has 0 bridgehead atoms. The van der Waals surface area contributed by atoms with E-state index in [2.05, 4.69) is 21.2 Å². The first-order valence-corrected chi connectivity index (χ1v) is 6.91. The number of halogens is 3. The maximum Gasteiger partial charge on any atom is 0.248 e. The van der Waals surface area contributed by atoms with E-state index in [0.717, 1.165) is 5.56 Å². The second kappa shape index (κ2) is 6.68. The van der Waals surface area contributed by atoms with Crippen molar-refractivity contribution in [1.29, 1.82) is 0 Å². The smallest absolute Gasteiger partial charge is 0.248 e. The van der Waals surface area contributed by atoms with Crippen LogP contribution in [-0.2, 0) is 4.79 Å². The summed E-state index contributed by atoms with van der Waals surface area (Å²) in [5.74, 6) is -0.895. The van der Waals surface area contributed by atoms with Crippen LogP contribution < -0.4 is 5.32 Å². The summed E-state index contributed by atoms with van der Waals surface area (Å²) >= 11 is 8.92. The van der Waals surface area contributed by atoms with Crippen molar-refractivity contribution in [2.45, 2.75) is 0 Å². The lowest BCUT2D eigenvalue weighted by Crippen LogP contribution is -2.09. The summed E-state index contributed by atoms with van der Waals surface area (Å²) in [5, 5.41) is 3.10. The maximum atomic E-state index is 13.5. The molecule has 0 aliphatic heterocycles. The summed E-state index contributed by atoms with van der Waals surface area (Å²) in [6, 6.07) is 11.5. The summed E-state index contributed by atoms with van der Waals surface area (Å²) in [5.41, 5.74) is 0.972. The topological polar surface area (TPSA) is 29.1 Å². The number of hydrogen-bond acceptors (Lipinski definition) is 1. The highest BCUT2D eigenvalue weighted by Gasteiger charge is 2.04. The number of anilines is 1. The van der Waals surface area contributed by atoms with E-state index in [1.807, 2.05) is 0 Å². The van der Waals surface area contributed by atoms with Crippen molar-refractivity contribution < 1.29 is 9.18 Å². The van der Waals surface area contributed by atoms with Crippen LogP contribution in [0.3, 0.4) is 0 Å². The zero-order chi connectivity index (χ0) is 14.5. The van der Waals surface area contributed by atoms with Gasteiger partial charge in [0.05, 0.1) is 5.69 Å². The zero-order valence-corrected chi connectivity index (χ0v) is 12.6. The van der Waals surface area contributed by atoms with Crippen LogP contribution in [0.2, 0.25) is 5.02 Å². The molecule has 0 heterocycles. The average Bonchev–Trinajstić information content (AvgIpc) is 2.41. The van der Waals surface area contributed by atoms with E-state index < -0.39 is 11.7 Å². The molecule has 1 N–H and O–H groups in total. The van der Waals surface area contributed by atoms with Crippen LogP contribution in [0, 0.1) is 5.82 Å². The zero-order valence-electron chi connectivity index (χ0n) is 10.2. The standard InChI is InChI=1S/C15H10BrClFNO/c16-11-4-7-14(13(18)9-11)19-15(20)8-3-10-1-5-12(17)6-2-10/h1-9H,(H,19,20)/b8-3-. The molecule has 102 valence electrons. The van der Waals surface area contributed by atoms with Crippen LogP contribution in [-0.4, -0.2) is 5.91 Å². The summed E-state index contributed by atoms with van der Waals surface area (Å²) in [4.78, 5) is 11.7. The van der Waals surface area contributed by atoms with Crippen LogP contribution in [0.15, 0.2) is 53.0 Å². The number of hydrogen-bond donors (Lipinski definition) is 1. The highest BCUT2D eigenvalue weighted by molar-refractivity contribution is 9.10. The van der Waals surface area contributed by atoms with E-state index >= 15 is 0 Å². The maximum absolute atomic E-state index is 13.5. The molecule has 0 unspecified atom stereocenters. The molecule has 1 amide bonds. The lowest BCUT2D eigenvalue weighted by Gasteiger charge is -2.03. The first-order chi connectivity index (χ1) is 9.54. The van der Waals surface area contributed by atoms with Gasteiger partial charge in [0, 0.05) is 15.6 Å². The minimum atomic E-state index is -0.493. The molecular formula is C15H10BrClFNO. The Balaban J connectivity index is 2.03. The highest BCUT2D eigenvalue weighted by Crippen LogP contribution is 2.19. The summed E-state index contributed by atoms with van der Waals surface area (Å²) in [6.45, 7) is 0. The molecule has 2 aromatic rings. The Morgan fingerprint density at radius 1 is 1.20 bits per heavy atom. The van der Waals surface area contributed by atoms with E-state index in [1.165, 1.54) is 18.2 Å². The largest absolute Gasteiger partial charge is 0.320 e. The number of carbonyl (C=O) groups is 1. The van der Waals surface area contributed by atoms with E-state index in [4.69, 9.17) is 11.6 Å². The van der Waals surface area contributed by atoms with Crippen molar-refractivity contribution in [3.8, 4) is 0 Å². The minimum absolute atomic E-state index is 0.138. The molecule has 0 aliphatic rings. The number of benzene rings is 2. The summed E-state index contributed by atoms with van der Waals surface area (Å²) in [6.07, 6.45) is 2.97. The second-order valence-corrected chi connectivity index (χ2v) is 5.35.